The van der Waals surface area contributed by atoms with Crippen LogP contribution in [-0.4, -0.2) is 20.9 Å². The van der Waals surface area contributed by atoms with Crippen LogP contribution >= 0.6 is 22.6 Å². The Morgan fingerprint density at radius 2 is 2.00 bits per heavy atom. The Hall–Kier alpha value is -1.37. The summed E-state index contributed by atoms with van der Waals surface area (Å²) in [5, 5.41) is 12.9. The first kappa shape index (κ1) is 11.1. The van der Waals surface area contributed by atoms with Crippen molar-refractivity contribution in [1.29, 1.82) is 0 Å². The minimum absolute atomic E-state index is 0.0658. The number of carboxylic acids is 1. The van der Waals surface area contributed by atoms with E-state index in [1.807, 2.05) is 31.2 Å². The van der Waals surface area contributed by atoms with E-state index in [9.17, 15) is 4.79 Å². The number of aromatic nitrogens is 2. The number of carboxylic acid groups (broad SMARTS) is 1. The number of benzene rings is 1. The Kier molecular flexibility index (Phi) is 2.95. The number of halogens is 1. The average Bonchev–Trinajstić information content (AvgIpc) is 2.62. The van der Waals surface area contributed by atoms with Crippen molar-refractivity contribution in [2.24, 2.45) is 0 Å². The lowest BCUT2D eigenvalue weighted by atomic mass is 10.3. The summed E-state index contributed by atoms with van der Waals surface area (Å²) in [4.78, 5) is 10.8. The van der Waals surface area contributed by atoms with Crippen LogP contribution in [0, 0.1) is 10.5 Å². The van der Waals surface area contributed by atoms with Crippen LogP contribution in [-0.2, 0) is 0 Å². The first-order valence-electron chi connectivity index (χ1n) is 4.64. The summed E-state index contributed by atoms with van der Waals surface area (Å²) < 4.78 is 2.75. The van der Waals surface area contributed by atoms with Crippen LogP contribution in [0.4, 0.5) is 0 Å². The fraction of sp³-hybridized carbons (Fsp3) is 0.0909. The van der Waals surface area contributed by atoms with Gasteiger partial charge in [-0.2, -0.15) is 5.10 Å². The predicted molar refractivity (Wildman–Crippen MR) is 68.0 cm³/mol. The Morgan fingerprint density at radius 1 is 1.38 bits per heavy atom. The lowest BCUT2D eigenvalue weighted by Gasteiger charge is -2.03. The quantitative estimate of drug-likeness (QED) is 0.862. The summed E-state index contributed by atoms with van der Waals surface area (Å²) in [5.74, 6) is -1.01. The number of carbonyl (C=O) groups is 1. The van der Waals surface area contributed by atoms with E-state index in [1.54, 1.807) is 10.7 Å². The maximum atomic E-state index is 10.8. The molecule has 1 heterocycles. The molecule has 2 aromatic rings. The lowest BCUT2D eigenvalue weighted by Crippen LogP contribution is -2.02. The van der Waals surface area contributed by atoms with Gasteiger partial charge in [-0.1, -0.05) is 0 Å². The second-order valence-corrected chi connectivity index (χ2v) is 4.61. The highest BCUT2D eigenvalue weighted by Crippen LogP contribution is 2.14. The van der Waals surface area contributed by atoms with E-state index in [2.05, 4.69) is 27.7 Å². The molecule has 0 aliphatic carbocycles. The van der Waals surface area contributed by atoms with Gasteiger partial charge >= 0.3 is 5.97 Å². The molecule has 2 rings (SSSR count). The number of aromatic carboxylic acids is 1. The van der Waals surface area contributed by atoms with Crippen LogP contribution in [0.5, 0.6) is 0 Å². The molecule has 0 spiro atoms. The molecule has 5 heteroatoms. The molecule has 0 saturated heterocycles. The summed E-state index contributed by atoms with van der Waals surface area (Å²) in [7, 11) is 0. The van der Waals surface area contributed by atoms with Crippen LogP contribution in [0.1, 0.15) is 16.2 Å². The van der Waals surface area contributed by atoms with Crippen molar-refractivity contribution in [1.82, 2.24) is 9.78 Å². The van der Waals surface area contributed by atoms with Gasteiger partial charge in [0.1, 0.15) is 0 Å². The summed E-state index contributed by atoms with van der Waals surface area (Å²) >= 11 is 2.22. The van der Waals surface area contributed by atoms with Gasteiger partial charge in [0.2, 0.25) is 0 Å². The topological polar surface area (TPSA) is 55.1 Å². The molecule has 0 radical (unpaired) electrons. The second-order valence-electron chi connectivity index (χ2n) is 3.36. The van der Waals surface area contributed by atoms with Gasteiger partial charge in [0.15, 0.2) is 5.69 Å². The van der Waals surface area contributed by atoms with E-state index in [0.29, 0.717) is 0 Å². The predicted octanol–water partition coefficient (Wildman–Crippen LogP) is 2.48. The zero-order chi connectivity index (χ0) is 11.7. The van der Waals surface area contributed by atoms with E-state index < -0.39 is 5.97 Å². The molecule has 82 valence electrons. The molecule has 0 fully saturated rings. The Bertz CT molecular complexity index is 531. The summed E-state index contributed by atoms with van der Waals surface area (Å²) in [6.07, 6.45) is 0. The van der Waals surface area contributed by atoms with Crippen molar-refractivity contribution in [3.8, 4) is 5.69 Å². The minimum Gasteiger partial charge on any atom is -0.476 e. The average molecular weight is 328 g/mol. The van der Waals surface area contributed by atoms with Crippen molar-refractivity contribution in [3.05, 3.63) is 45.3 Å². The van der Waals surface area contributed by atoms with Gasteiger partial charge in [-0.25, -0.2) is 9.48 Å². The summed E-state index contributed by atoms with van der Waals surface area (Å²) in [6, 6.07) is 9.29. The SMILES string of the molecule is Cc1cc(C(=O)O)nn1-c1ccc(I)cc1. The Balaban J connectivity index is 2.47. The first-order chi connectivity index (χ1) is 7.58. The number of nitrogens with zero attached hydrogens (tertiary/aromatic N) is 2. The van der Waals surface area contributed by atoms with Gasteiger partial charge in [0, 0.05) is 9.26 Å². The van der Waals surface area contributed by atoms with Crippen LogP contribution in [0.2, 0.25) is 0 Å². The lowest BCUT2D eigenvalue weighted by molar-refractivity contribution is 0.0690. The van der Waals surface area contributed by atoms with Crippen LogP contribution in [0.3, 0.4) is 0 Å². The fourth-order valence-corrected chi connectivity index (χ4v) is 1.78. The minimum atomic E-state index is -1.01. The maximum Gasteiger partial charge on any atom is 0.356 e. The molecular formula is C11H9IN2O2. The van der Waals surface area contributed by atoms with Gasteiger partial charge < -0.3 is 5.11 Å². The molecule has 4 nitrogen and oxygen atoms in total. The largest absolute Gasteiger partial charge is 0.476 e. The number of hydrogen-bond acceptors (Lipinski definition) is 2. The number of aryl methyl sites for hydroxylation is 1. The third-order valence-corrected chi connectivity index (χ3v) is 2.90. The third-order valence-electron chi connectivity index (χ3n) is 2.18. The molecule has 0 amide bonds. The monoisotopic (exact) mass is 328 g/mol. The smallest absolute Gasteiger partial charge is 0.356 e. The second kappa shape index (κ2) is 4.25. The summed E-state index contributed by atoms with van der Waals surface area (Å²) in [6.45, 7) is 1.83. The van der Waals surface area contributed by atoms with Crippen molar-refractivity contribution < 1.29 is 9.90 Å². The van der Waals surface area contributed by atoms with Crippen molar-refractivity contribution in [3.63, 3.8) is 0 Å². The van der Waals surface area contributed by atoms with Crippen LogP contribution < -0.4 is 0 Å². The molecule has 0 saturated carbocycles. The van der Waals surface area contributed by atoms with E-state index in [-0.39, 0.29) is 5.69 Å². The highest BCUT2D eigenvalue weighted by molar-refractivity contribution is 14.1. The van der Waals surface area contributed by atoms with E-state index >= 15 is 0 Å². The molecule has 0 atom stereocenters. The molecule has 0 aliphatic rings. The highest BCUT2D eigenvalue weighted by atomic mass is 127. The molecule has 1 N–H and O–H groups in total. The zero-order valence-corrected chi connectivity index (χ0v) is 10.7. The van der Waals surface area contributed by atoms with Gasteiger partial charge in [-0.05, 0) is 59.8 Å². The first-order valence-corrected chi connectivity index (χ1v) is 5.72. The van der Waals surface area contributed by atoms with Crippen molar-refractivity contribution in [2.45, 2.75) is 6.92 Å². The molecule has 0 bridgehead atoms. The molecule has 0 aliphatic heterocycles. The molecular weight excluding hydrogens is 319 g/mol. The third kappa shape index (κ3) is 2.08. The highest BCUT2D eigenvalue weighted by Gasteiger charge is 2.11. The standard InChI is InChI=1S/C11H9IN2O2/c1-7-6-10(11(15)16)13-14(7)9-4-2-8(12)3-5-9/h2-6H,1H3,(H,15,16). The Morgan fingerprint density at radius 3 is 2.50 bits per heavy atom. The number of rotatable bonds is 2. The van der Waals surface area contributed by atoms with Crippen molar-refractivity contribution >= 4 is 28.6 Å². The molecule has 1 aromatic heterocycles. The zero-order valence-electron chi connectivity index (χ0n) is 8.51. The van der Waals surface area contributed by atoms with Gasteiger partial charge in [0.05, 0.1) is 5.69 Å². The molecule has 1 aromatic carbocycles. The maximum absolute atomic E-state index is 10.8. The van der Waals surface area contributed by atoms with E-state index in [1.165, 1.54) is 0 Å². The normalized spacial score (nSPS) is 10.4. The Labute approximate surface area is 106 Å². The van der Waals surface area contributed by atoms with E-state index in [4.69, 9.17) is 5.11 Å². The van der Waals surface area contributed by atoms with Crippen molar-refractivity contribution in [2.75, 3.05) is 0 Å². The fourth-order valence-electron chi connectivity index (χ4n) is 1.42. The number of hydrogen-bond donors (Lipinski definition) is 1. The van der Waals surface area contributed by atoms with Gasteiger partial charge in [-0.15, -0.1) is 0 Å². The van der Waals surface area contributed by atoms with Gasteiger partial charge in [0.25, 0.3) is 0 Å². The van der Waals surface area contributed by atoms with Crippen LogP contribution in [0.25, 0.3) is 5.69 Å². The molecule has 16 heavy (non-hydrogen) atoms. The molecule has 0 unspecified atom stereocenters. The summed E-state index contributed by atoms with van der Waals surface area (Å²) in [5.41, 5.74) is 1.74. The van der Waals surface area contributed by atoms with Gasteiger partial charge in [-0.3, -0.25) is 0 Å². The van der Waals surface area contributed by atoms with E-state index in [0.717, 1.165) is 15.0 Å². The van der Waals surface area contributed by atoms with Crippen LogP contribution in [0.15, 0.2) is 30.3 Å².